The van der Waals surface area contributed by atoms with E-state index in [1.165, 1.54) is 0 Å². The average Bonchev–Trinajstić information content (AvgIpc) is 2.65. The third kappa shape index (κ3) is 6.81. The standard InChI is InChI=1S/C21H28N2O3S/c1-16(2)15-22-21(24)14-11-18-9-12-20(13-10-18)27(25,26)23-17(3)19-7-5-4-6-8-19/h4-10,12-13,16-17,23H,11,14-15H2,1-3H3,(H,22,24)/t17-/m1/s1. The van der Waals surface area contributed by atoms with E-state index in [-0.39, 0.29) is 16.8 Å². The summed E-state index contributed by atoms with van der Waals surface area (Å²) in [5.74, 6) is 0.433. The maximum Gasteiger partial charge on any atom is 0.241 e. The molecule has 6 heteroatoms. The Morgan fingerprint density at radius 3 is 2.19 bits per heavy atom. The van der Waals surface area contributed by atoms with Crippen LogP contribution in [0.4, 0.5) is 0 Å². The van der Waals surface area contributed by atoms with E-state index in [0.29, 0.717) is 25.3 Å². The van der Waals surface area contributed by atoms with E-state index >= 15 is 0 Å². The Morgan fingerprint density at radius 1 is 0.963 bits per heavy atom. The summed E-state index contributed by atoms with van der Waals surface area (Å²) in [5, 5.41) is 2.88. The molecule has 2 aromatic rings. The van der Waals surface area contributed by atoms with Crippen LogP contribution in [0.2, 0.25) is 0 Å². The predicted molar refractivity (Wildman–Crippen MR) is 108 cm³/mol. The smallest absolute Gasteiger partial charge is 0.241 e. The Balaban J connectivity index is 1.94. The van der Waals surface area contributed by atoms with Gasteiger partial charge in [-0.2, -0.15) is 0 Å². The molecule has 0 aliphatic rings. The highest BCUT2D eigenvalue weighted by Crippen LogP contribution is 2.17. The topological polar surface area (TPSA) is 75.3 Å². The highest BCUT2D eigenvalue weighted by Gasteiger charge is 2.18. The number of hydrogen-bond donors (Lipinski definition) is 2. The number of sulfonamides is 1. The van der Waals surface area contributed by atoms with Gasteiger partial charge in [0.1, 0.15) is 0 Å². The van der Waals surface area contributed by atoms with Crippen LogP contribution in [0.1, 0.15) is 44.4 Å². The summed E-state index contributed by atoms with van der Waals surface area (Å²) in [7, 11) is -3.60. The number of rotatable bonds is 9. The summed E-state index contributed by atoms with van der Waals surface area (Å²) < 4.78 is 27.8. The van der Waals surface area contributed by atoms with E-state index in [9.17, 15) is 13.2 Å². The second kappa shape index (κ2) is 9.67. The van der Waals surface area contributed by atoms with Gasteiger partial charge in [0.25, 0.3) is 0 Å². The molecule has 0 unspecified atom stereocenters. The fraction of sp³-hybridized carbons (Fsp3) is 0.381. The van der Waals surface area contributed by atoms with Gasteiger partial charge in [-0.1, -0.05) is 56.3 Å². The van der Waals surface area contributed by atoms with Crippen molar-refractivity contribution in [2.75, 3.05) is 6.54 Å². The minimum atomic E-state index is -3.60. The maximum absolute atomic E-state index is 12.6. The molecule has 0 fully saturated rings. The van der Waals surface area contributed by atoms with Crippen LogP contribution in [0.25, 0.3) is 0 Å². The molecule has 146 valence electrons. The lowest BCUT2D eigenvalue weighted by Crippen LogP contribution is -2.27. The minimum absolute atomic E-state index is 0.0127. The molecule has 0 aliphatic carbocycles. The number of amides is 1. The molecule has 1 atom stereocenters. The van der Waals surface area contributed by atoms with Crippen LogP contribution in [0.5, 0.6) is 0 Å². The Kier molecular flexibility index (Phi) is 7.56. The van der Waals surface area contributed by atoms with E-state index in [1.807, 2.05) is 51.1 Å². The number of aryl methyl sites for hydroxylation is 1. The molecule has 0 spiro atoms. The molecule has 0 heterocycles. The zero-order valence-corrected chi connectivity index (χ0v) is 16.9. The minimum Gasteiger partial charge on any atom is -0.356 e. The van der Waals surface area contributed by atoms with Gasteiger partial charge >= 0.3 is 0 Å². The molecule has 2 N–H and O–H groups in total. The van der Waals surface area contributed by atoms with Crippen molar-refractivity contribution in [1.29, 1.82) is 0 Å². The van der Waals surface area contributed by atoms with E-state index in [4.69, 9.17) is 0 Å². The van der Waals surface area contributed by atoms with Crippen molar-refractivity contribution in [3.63, 3.8) is 0 Å². The summed E-state index contributed by atoms with van der Waals surface area (Å²) in [6.07, 6.45) is 0.972. The van der Waals surface area contributed by atoms with Gasteiger partial charge in [0.15, 0.2) is 0 Å². The summed E-state index contributed by atoms with van der Waals surface area (Å²) in [5.41, 5.74) is 1.84. The van der Waals surface area contributed by atoms with Gasteiger partial charge in [-0.3, -0.25) is 4.79 Å². The molecule has 5 nitrogen and oxygen atoms in total. The first kappa shape index (κ1) is 21.1. The number of nitrogens with one attached hydrogen (secondary N) is 2. The van der Waals surface area contributed by atoms with Crippen molar-refractivity contribution in [2.24, 2.45) is 5.92 Å². The summed E-state index contributed by atoms with van der Waals surface area (Å²) in [6, 6.07) is 15.8. The Morgan fingerprint density at radius 2 is 1.59 bits per heavy atom. The molecule has 0 aromatic heterocycles. The molecule has 0 aliphatic heterocycles. The highest BCUT2D eigenvalue weighted by atomic mass is 32.2. The fourth-order valence-corrected chi connectivity index (χ4v) is 3.84. The van der Waals surface area contributed by atoms with Crippen molar-refractivity contribution in [1.82, 2.24) is 10.0 Å². The van der Waals surface area contributed by atoms with Gasteiger partial charge in [0.05, 0.1) is 4.90 Å². The monoisotopic (exact) mass is 388 g/mol. The van der Waals surface area contributed by atoms with Crippen molar-refractivity contribution in [3.05, 3.63) is 65.7 Å². The van der Waals surface area contributed by atoms with Gasteiger partial charge in [-0.05, 0) is 42.5 Å². The first-order valence-electron chi connectivity index (χ1n) is 9.21. The second-order valence-corrected chi connectivity index (χ2v) is 8.81. The van der Waals surface area contributed by atoms with Crippen molar-refractivity contribution < 1.29 is 13.2 Å². The lowest BCUT2D eigenvalue weighted by molar-refractivity contribution is -0.121. The molecule has 27 heavy (non-hydrogen) atoms. The molecule has 0 radical (unpaired) electrons. The lowest BCUT2D eigenvalue weighted by atomic mass is 10.1. The normalized spacial score (nSPS) is 12.7. The van der Waals surface area contributed by atoms with E-state index < -0.39 is 10.0 Å². The third-order valence-electron chi connectivity index (χ3n) is 4.21. The van der Waals surface area contributed by atoms with Crippen molar-refractivity contribution in [2.45, 2.75) is 44.6 Å². The lowest BCUT2D eigenvalue weighted by Gasteiger charge is -2.15. The van der Waals surface area contributed by atoms with Crippen LogP contribution in [0.3, 0.4) is 0 Å². The van der Waals surface area contributed by atoms with Crippen LogP contribution in [-0.2, 0) is 21.2 Å². The molecule has 2 rings (SSSR count). The number of carbonyl (C=O) groups is 1. The van der Waals surface area contributed by atoms with Crippen LogP contribution in [-0.4, -0.2) is 20.9 Å². The van der Waals surface area contributed by atoms with Gasteiger partial charge < -0.3 is 5.32 Å². The molecular formula is C21H28N2O3S. The molecule has 1 amide bonds. The first-order chi connectivity index (χ1) is 12.8. The van der Waals surface area contributed by atoms with Crippen molar-refractivity contribution >= 4 is 15.9 Å². The Bertz CT molecular complexity index is 831. The number of benzene rings is 2. The highest BCUT2D eigenvalue weighted by molar-refractivity contribution is 7.89. The first-order valence-corrected chi connectivity index (χ1v) is 10.7. The maximum atomic E-state index is 12.6. The molecule has 0 saturated heterocycles. The van der Waals surface area contributed by atoms with Crippen LogP contribution in [0.15, 0.2) is 59.5 Å². The summed E-state index contributed by atoms with van der Waals surface area (Å²) >= 11 is 0. The zero-order valence-electron chi connectivity index (χ0n) is 16.1. The number of carbonyl (C=O) groups excluding carboxylic acids is 1. The summed E-state index contributed by atoms with van der Waals surface area (Å²) in [4.78, 5) is 12.0. The van der Waals surface area contributed by atoms with E-state index in [1.54, 1.807) is 24.3 Å². The Hall–Kier alpha value is -2.18. The third-order valence-corrected chi connectivity index (χ3v) is 5.77. The zero-order chi connectivity index (χ0) is 19.9. The summed E-state index contributed by atoms with van der Waals surface area (Å²) in [6.45, 7) is 6.58. The quantitative estimate of drug-likeness (QED) is 0.691. The largest absolute Gasteiger partial charge is 0.356 e. The van der Waals surface area contributed by atoms with Gasteiger partial charge in [0.2, 0.25) is 15.9 Å². The number of hydrogen-bond acceptors (Lipinski definition) is 3. The second-order valence-electron chi connectivity index (χ2n) is 7.10. The SMILES string of the molecule is CC(C)CNC(=O)CCc1ccc(S(=O)(=O)N[C@H](C)c2ccccc2)cc1. The van der Waals surface area contributed by atoms with E-state index in [2.05, 4.69) is 10.0 Å². The van der Waals surface area contributed by atoms with Crippen LogP contribution in [0, 0.1) is 5.92 Å². The fourth-order valence-electron chi connectivity index (χ4n) is 2.61. The average molecular weight is 389 g/mol. The molecule has 2 aromatic carbocycles. The molecular weight excluding hydrogens is 360 g/mol. The molecule has 0 bridgehead atoms. The van der Waals surface area contributed by atoms with Gasteiger partial charge in [-0.25, -0.2) is 13.1 Å². The van der Waals surface area contributed by atoms with Gasteiger partial charge in [-0.15, -0.1) is 0 Å². The van der Waals surface area contributed by atoms with Crippen molar-refractivity contribution in [3.8, 4) is 0 Å². The van der Waals surface area contributed by atoms with Crippen LogP contribution >= 0.6 is 0 Å². The van der Waals surface area contributed by atoms with E-state index in [0.717, 1.165) is 11.1 Å². The predicted octanol–water partition coefficient (Wildman–Crippen LogP) is 3.43. The Labute approximate surface area is 162 Å². The van der Waals surface area contributed by atoms with Gasteiger partial charge in [0, 0.05) is 19.0 Å². The van der Waals surface area contributed by atoms with Crippen LogP contribution < -0.4 is 10.0 Å². The molecule has 0 saturated carbocycles.